The van der Waals surface area contributed by atoms with Crippen molar-refractivity contribution in [3.63, 3.8) is 0 Å². The molecule has 7 nitrogen and oxygen atoms in total. The molecule has 190 valence electrons. The van der Waals surface area contributed by atoms with Crippen molar-refractivity contribution in [3.8, 4) is 0 Å². The molecule has 3 N–H and O–H groups in total. The summed E-state index contributed by atoms with van der Waals surface area (Å²) in [6, 6.07) is 8.79. The zero-order chi connectivity index (χ0) is 25.4. The largest absolute Gasteiger partial charge is 0.416 e. The van der Waals surface area contributed by atoms with Gasteiger partial charge in [-0.05, 0) is 62.3 Å². The van der Waals surface area contributed by atoms with Gasteiger partial charge in [-0.25, -0.2) is 4.79 Å². The minimum atomic E-state index is -4.51. The molecule has 3 rings (SSSR count). The van der Waals surface area contributed by atoms with E-state index in [1.54, 1.807) is 18.2 Å². The first-order valence-electron chi connectivity index (χ1n) is 11.9. The van der Waals surface area contributed by atoms with Crippen molar-refractivity contribution in [3.05, 3.63) is 53.6 Å². The molecular formula is C25H32F3N5O2. The molecule has 0 spiro atoms. The average Bonchev–Trinajstić information content (AvgIpc) is 3.36. The zero-order valence-electron chi connectivity index (χ0n) is 20.0. The van der Waals surface area contributed by atoms with Gasteiger partial charge in [-0.1, -0.05) is 19.9 Å². The molecule has 2 aromatic carbocycles. The Morgan fingerprint density at radius 1 is 0.971 bits per heavy atom. The van der Waals surface area contributed by atoms with Gasteiger partial charge >= 0.3 is 12.2 Å². The first kappa shape index (κ1) is 26.3. The van der Waals surface area contributed by atoms with Crippen LogP contribution >= 0.6 is 0 Å². The minimum Gasteiger partial charge on any atom is -0.371 e. The molecule has 0 atom stereocenters. The number of hydrogen-bond donors (Lipinski definition) is 3. The summed E-state index contributed by atoms with van der Waals surface area (Å²) in [5.41, 5.74) is 0.774. The summed E-state index contributed by atoms with van der Waals surface area (Å²) in [6.07, 6.45) is -2.42. The van der Waals surface area contributed by atoms with E-state index < -0.39 is 17.8 Å². The van der Waals surface area contributed by atoms with Gasteiger partial charge < -0.3 is 25.8 Å². The Balaban J connectivity index is 1.73. The second-order valence-corrected chi connectivity index (χ2v) is 8.37. The third-order valence-electron chi connectivity index (χ3n) is 6.00. The van der Waals surface area contributed by atoms with Crippen LogP contribution in [0.1, 0.15) is 42.6 Å². The van der Waals surface area contributed by atoms with Crippen molar-refractivity contribution in [2.24, 2.45) is 0 Å². The molecule has 1 fully saturated rings. The normalized spacial score (nSPS) is 13.7. The van der Waals surface area contributed by atoms with Gasteiger partial charge in [0.05, 0.1) is 11.1 Å². The molecule has 1 heterocycles. The van der Waals surface area contributed by atoms with E-state index >= 15 is 0 Å². The number of alkyl halides is 3. The van der Waals surface area contributed by atoms with Crippen LogP contribution in [0, 0.1) is 0 Å². The monoisotopic (exact) mass is 491 g/mol. The molecule has 0 aliphatic carbocycles. The van der Waals surface area contributed by atoms with E-state index in [9.17, 15) is 22.8 Å². The smallest absolute Gasteiger partial charge is 0.371 e. The second kappa shape index (κ2) is 11.9. The number of carbonyl (C=O) groups excluding carboxylic acids is 2. The number of nitrogens with one attached hydrogen (secondary N) is 3. The lowest BCUT2D eigenvalue weighted by Gasteiger charge is -2.23. The Morgan fingerprint density at radius 2 is 1.63 bits per heavy atom. The van der Waals surface area contributed by atoms with Crippen molar-refractivity contribution in [2.75, 3.05) is 54.8 Å². The quantitative estimate of drug-likeness (QED) is 0.460. The maximum atomic E-state index is 13.0. The maximum Gasteiger partial charge on any atom is 0.416 e. The molecule has 3 amide bonds. The predicted octanol–water partition coefficient (Wildman–Crippen LogP) is 5.02. The van der Waals surface area contributed by atoms with Gasteiger partial charge in [0.2, 0.25) is 0 Å². The molecule has 0 unspecified atom stereocenters. The number of rotatable bonds is 9. The third kappa shape index (κ3) is 7.35. The number of nitrogens with zero attached hydrogens (tertiary/aromatic N) is 2. The minimum absolute atomic E-state index is 0.0142. The summed E-state index contributed by atoms with van der Waals surface area (Å²) < 4.78 is 38.8. The molecule has 10 heteroatoms. The standard InChI is InChI=1S/C25H32F3N5O2/c1-3-32(4-2)15-12-29-23(34)21-17-20(10-11-22(21)33-13-5-6-14-33)31-24(35)30-19-9-7-8-18(16-19)25(26,27)28/h7-11,16-17H,3-6,12-15H2,1-2H3,(H,29,34)(H2,30,31,35). The van der Waals surface area contributed by atoms with Crippen molar-refractivity contribution >= 4 is 29.0 Å². The lowest BCUT2D eigenvalue weighted by Crippen LogP contribution is -2.35. The van der Waals surface area contributed by atoms with E-state index in [-0.39, 0.29) is 11.6 Å². The first-order valence-corrected chi connectivity index (χ1v) is 11.9. The van der Waals surface area contributed by atoms with Crippen molar-refractivity contribution in [1.82, 2.24) is 10.2 Å². The molecule has 1 saturated heterocycles. The number of benzene rings is 2. The van der Waals surface area contributed by atoms with Gasteiger partial charge in [0.15, 0.2) is 0 Å². The Bertz CT molecular complexity index is 1020. The van der Waals surface area contributed by atoms with Crippen LogP contribution in [0.4, 0.5) is 35.0 Å². The van der Waals surface area contributed by atoms with Crippen molar-refractivity contribution in [1.29, 1.82) is 0 Å². The van der Waals surface area contributed by atoms with Gasteiger partial charge in [0.1, 0.15) is 0 Å². The summed E-state index contributed by atoms with van der Waals surface area (Å²) >= 11 is 0. The predicted molar refractivity (Wildman–Crippen MR) is 132 cm³/mol. The van der Waals surface area contributed by atoms with Crippen LogP contribution in [0.2, 0.25) is 0 Å². The molecule has 1 aliphatic heterocycles. The number of hydrogen-bond acceptors (Lipinski definition) is 4. The lowest BCUT2D eigenvalue weighted by molar-refractivity contribution is -0.137. The van der Waals surface area contributed by atoms with Crippen LogP contribution in [0.3, 0.4) is 0 Å². The molecule has 0 aromatic heterocycles. The van der Waals surface area contributed by atoms with Gasteiger partial charge in [0.25, 0.3) is 5.91 Å². The maximum absolute atomic E-state index is 13.0. The van der Waals surface area contributed by atoms with E-state index in [0.29, 0.717) is 17.8 Å². The average molecular weight is 492 g/mol. The third-order valence-corrected chi connectivity index (χ3v) is 6.00. The summed E-state index contributed by atoms with van der Waals surface area (Å²) in [6.45, 7) is 8.85. The van der Waals surface area contributed by atoms with Gasteiger partial charge in [-0.15, -0.1) is 0 Å². The van der Waals surface area contributed by atoms with E-state index in [0.717, 1.165) is 63.4 Å². The molecule has 35 heavy (non-hydrogen) atoms. The van der Waals surface area contributed by atoms with Crippen LogP contribution in [-0.2, 0) is 6.18 Å². The fourth-order valence-electron chi connectivity index (χ4n) is 4.06. The van der Waals surface area contributed by atoms with E-state index in [4.69, 9.17) is 0 Å². The molecule has 0 bridgehead atoms. The van der Waals surface area contributed by atoms with Crippen LogP contribution in [0.15, 0.2) is 42.5 Å². The highest BCUT2D eigenvalue weighted by Crippen LogP contribution is 2.31. The SMILES string of the molecule is CCN(CC)CCNC(=O)c1cc(NC(=O)Nc2cccc(C(F)(F)F)c2)ccc1N1CCCC1. The number of carbonyl (C=O) groups is 2. The summed E-state index contributed by atoms with van der Waals surface area (Å²) in [5, 5.41) is 7.99. The number of amides is 3. The summed E-state index contributed by atoms with van der Waals surface area (Å²) in [4.78, 5) is 29.9. The molecule has 0 saturated carbocycles. The Kier molecular flexibility index (Phi) is 8.97. The fourth-order valence-corrected chi connectivity index (χ4v) is 4.06. The Labute approximate surface area is 203 Å². The highest BCUT2D eigenvalue weighted by Gasteiger charge is 2.30. The molecule has 0 radical (unpaired) electrons. The molecule has 2 aromatic rings. The van der Waals surface area contributed by atoms with Crippen LogP contribution in [0.25, 0.3) is 0 Å². The second-order valence-electron chi connectivity index (χ2n) is 8.37. The Morgan fingerprint density at radius 3 is 2.26 bits per heavy atom. The summed E-state index contributed by atoms with van der Waals surface area (Å²) in [5.74, 6) is -0.235. The number of urea groups is 1. The Hall–Kier alpha value is -3.27. The zero-order valence-corrected chi connectivity index (χ0v) is 20.0. The molecular weight excluding hydrogens is 459 g/mol. The summed E-state index contributed by atoms with van der Waals surface area (Å²) in [7, 11) is 0. The van der Waals surface area contributed by atoms with E-state index in [1.807, 2.05) is 0 Å². The first-order chi connectivity index (χ1) is 16.7. The molecule has 1 aliphatic rings. The number of anilines is 3. The van der Waals surface area contributed by atoms with Gasteiger partial charge in [-0.3, -0.25) is 4.79 Å². The fraction of sp³-hybridized carbons (Fsp3) is 0.440. The van der Waals surface area contributed by atoms with Gasteiger partial charge in [0, 0.05) is 43.2 Å². The highest BCUT2D eigenvalue weighted by atomic mass is 19.4. The van der Waals surface area contributed by atoms with Crippen LogP contribution < -0.4 is 20.9 Å². The van der Waals surface area contributed by atoms with Crippen molar-refractivity contribution in [2.45, 2.75) is 32.9 Å². The van der Waals surface area contributed by atoms with Gasteiger partial charge in [-0.2, -0.15) is 13.2 Å². The van der Waals surface area contributed by atoms with E-state index in [2.05, 4.69) is 39.6 Å². The van der Waals surface area contributed by atoms with Crippen LogP contribution in [0.5, 0.6) is 0 Å². The number of likely N-dealkylation sites (N-methyl/N-ethyl adjacent to an activating group) is 1. The lowest BCUT2D eigenvalue weighted by atomic mass is 10.1. The van der Waals surface area contributed by atoms with Crippen LogP contribution in [-0.4, -0.2) is 56.1 Å². The van der Waals surface area contributed by atoms with E-state index in [1.165, 1.54) is 12.1 Å². The number of halogens is 3. The highest BCUT2D eigenvalue weighted by molar-refractivity contribution is 6.04. The van der Waals surface area contributed by atoms with Crippen molar-refractivity contribution < 1.29 is 22.8 Å². The topological polar surface area (TPSA) is 76.7 Å².